The predicted octanol–water partition coefficient (Wildman–Crippen LogP) is 4.14. The summed E-state index contributed by atoms with van der Waals surface area (Å²) >= 11 is 0. The normalized spacial score (nSPS) is 15.0. The number of oxazole rings is 1. The molecule has 0 saturated carbocycles. The zero-order valence-corrected chi connectivity index (χ0v) is 20.8. The van der Waals surface area contributed by atoms with Crippen LogP contribution in [0.25, 0.3) is 11.3 Å². The Morgan fingerprint density at radius 1 is 1.06 bits per heavy atom. The number of carbonyl (C=O) groups is 1. The van der Waals surface area contributed by atoms with Crippen molar-refractivity contribution in [1.29, 1.82) is 0 Å². The third-order valence-corrected chi connectivity index (χ3v) is 7.97. The van der Waals surface area contributed by atoms with E-state index in [1.54, 1.807) is 11.1 Å². The van der Waals surface area contributed by atoms with E-state index in [2.05, 4.69) is 31.0 Å². The van der Waals surface area contributed by atoms with Gasteiger partial charge in [-0.05, 0) is 30.0 Å². The van der Waals surface area contributed by atoms with Gasteiger partial charge in [0.1, 0.15) is 10.7 Å². The van der Waals surface area contributed by atoms with Crippen LogP contribution in [0.4, 0.5) is 4.39 Å². The summed E-state index contributed by atoms with van der Waals surface area (Å²) < 4.78 is 46.5. The minimum Gasteiger partial charge on any atom is -0.441 e. The smallest absolute Gasteiger partial charge is 0.246 e. The fourth-order valence-electron chi connectivity index (χ4n) is 4.18. The first-order chi connectivity index (χ1) is 16.7. The number of benzene rings is 2. The lowest BCUT2D eigenvalue weighted by Gasteiger charge is -2.34. The second-order valence-electron chi connectivity index (χ2n) is 9.13. The molecule has 1 aliphatic heterocycles. The number of rotatable bonds is 8. The van der Waals surface area contributed by atoms with Crippen LogP contribution < -0.4 is 0 Å². The molecule has 1 fully saturated rings. The number of hydrogen-bond acceptors (Lipinski definition) is 5. The van der Waals surface area contributed by atoms with Crippen LogP contribution in [0.1, 0.15) is 31.7 Å². The molecule has 2 heterocycles. The van der Waals surface area contributed by atoms with Gasteiger partial charge in [0, 0.05) is 44.6 Å². The average Bonchev–Trinajstić information content (AvgIpc) is 3.32. The van der Waals surface area contributed by atoms with Gasteiger partial charge in [-0.2, -0.15) is 4.31 Å². The highest BCUT2D eigenvalue weighted by Gasteiger charge is 2.31. The third kappa shape index (κ3) is 5.97. The van der Waals surface area contributed by atoms with Crippen molar-refractivity contribution in [2.24, 2.45) is 5.92 Å². The maximum absolute atomic E-state index is 14.0. The zero-order chi connectivity index (χ0) is 25.0. The minimum atomic E-state index is -3.93. The first kappa shape index (κ1) is 25.1. The molecule has 186 valence electrons. The number of sulfonamides is 1. The summed E-state index contributed by atoms with van der Waals surface area (Å²) in [5, 5.41) is 0. The molecule has 0 unspecified atom stereocenters. The molecule has 3 aromatic rings. The summed E-state index contributed by atoms with van der Waals surface area (Å²) in [6.07, 6.45) is 3.27. The van der Waals surface area contributed by atoms with Gasteiger partial charge >= 0.3 is 0 Å². The van der Waals surface area contributed by atoms with E-state index in [1.165, 1.54) is 28.1 Å². The maximum atomic E-state index is 14.0. The van der Waals surface area contributed by atoms with Crippen molar-refractivity contribution in [3.8, 4) is 11.3 Å². The first-order valence-corrected chi connectivity index (χ1v) is 13.2. The lowest BCUT2D eigenvalue weighted by atomic mass is 10.0. The van der Waals surface area contributed by atoms with Crippen LogP contribution in [-0.4, -0.2) is 54.7 Å². The van der Waals surface area contributed by atoms with Crippen LogP contribution in [0.15, 0.2) is 64.0 Å². The predicted molar refractivity (Wildman–Crippen MR) is 131 cm³/mol. The molecule has 9 heteroatoms. The second-order valence-corrected chi connectivity index (χ2v) is 11.0. The van der Waals surface area contributed by atoms with Gasteiger partial charge in [0.2, 0.25) is 15.9 Å². The molecule has 1 aliphatic rings. The molecule has 0 spiro atoms. The Morgan fingerprint density at radius 3 is 2.40 bits per heavy atom. The van der Waals surface area contributed by atoms with E-state index in [-0.39, 0.29) is 43.4 Å². The van der Waals surface area contributed by atoms with Crippen LogP contribution in [0.2, 0.25) is 0 Å². The van der Waals surface area contributed by atoms with Crippen LogP contribution in [-0.2, 0) is 27.7 Å². The van der Waals surface area contributed by atoms with E-state index in [0.29, 0.717) is 24.0 Å². The van der Waals surface area contributed by atoms with E-state index in [4.69, 9.17) is 4.42 Å². The van der Waals surface area contributed by atoms with Gasteiger partial charge in [0.15, 0.2) is 11.7 Å². The second kappa shape index (κ2) is 10.7. The lowest BCUT2D eigenvalue weighted by Crippen LogP contribution is -2.50. The molecular formula is C26H30FN3O4S. The van der Waals surface area contributed by atoms with Crippen LogP contribution in [0.5, 0.6) is 0 Å². The zero-order valence-electron chi connectivity index (χ0n) is 20.0. The minimum absolute atomic E-state index is 0.0919. The Bertz CT molecular complexity index is 1260. The molecule has 0 N–H and O–H groups in total. The third-order valence-electron chi connectivity index (χ3n) is 6.03. The molecule has 0 bridgehead atoms. The molecular weight excluding hydrogens is 469 g/mol. The molecule has 2 aromatic carbocycles. The number of carbonyl (C=O) groups excluding carboxylic acids is 1. The lowest BCUT2D eigenvalue weighted by molar-refractivity contribution is -0.132. The molecule has 1 amide bonds. The summed E-state index contributed by atoms with van der Waals surface area (Å²) in [6.45, 7) is 5.13. The van der Waals surface area contributed by atoms with Gasteiger partial charge in [0.05, 0.1) is 6.20 Å². The molecule has 0 radical (unpaired) electrons. The van der Waals surface area contributed by atoms with E-state index < -0.39 is 15.8 Å². The van der Waals surface area contributed by atoms with Crippen LogP contribution in [0, 0.1) is 11.7 Å². The summed E-state index contributed by atoms with van der Waals surface area (Å²) in [5.74, 6) is 0.874. The number of amides is 1. The Kier molecular flexibility index (Phi) is 7.66. The van der Waals surface area contributed by atoms with Gasteiger partial charge in [-0.3, -0.25) is 4.79 Å². The molecule has 1 aromatic heterocycles. The average molecular weight is 500 g/mol. The number of piperazine rings is 1. The van der Waals surface area contributed by atoms with E-state index in [9.17, 15) is 17.6 Å². The van der Waals surface area contributed by atoms with Crippen molar-refractivity contribution in [2.45, 2.75) is 38.0 Å². The summed E-state index contributed by atoms with van der Waals surface area (Å²) in [6, 6.07) is 13.5. The Morgan fingerprint density at radius 2 is 1.74 bits per heavy atom. The van der Waals surface area contributed by atoms with Crippen LogP contribution >= 0.6 is 0 Å². The standard InChI is InChI=1S/C26H30FN3O4S/c1-19(2)17-20-7-9-21(10-8-20)23-18-28-25(34-23)11-12-26(31)29-13-15-30(16-14-29)35(32,33)24-6-4-3-5-22(24)27/h3-10,18-19H,11-17H2,1-2H3. The Labute approximate surface area is 205 Å². The quantitative estimate of drug-likeness (QED) is 0.465. The number of nitrogens with zero attached hydrogens (tertiary/aromatic N) is 3. The maximum Gasteiger partial charge on any atom is 0.246 e. The topological polar surface area (TPSA) is 83.7 Å². The van der Waals surface area contributed by atoms with E-state index >= 15 is 0 Å². The monoisotopic (exact) mass is 499 g/mol. The van der Waals surface area contributed by atoms with Crippen molar-refractivity contribution in [3.05, 3.63) is 72.0 Å². The van der Waals surface area contributed by atoms with Crippen molar-refractivity contribution in [2.75, 3.05) is 26.2 Å². The number of aryl methyl sites for hydroxylation is 1. The molecule has 0 aliphatic carbocycles. The number of aromatic nitrogens is 1. The number of hydrogen-bond donors (Lipinski definition) is 0. The van der Waals surface area contributed by atoms with Gasteiger partial charge in [-0.15, -0.1) is 0 Å². The summed E-state index contributed by atoms with van der Waals surface area (Å²) in [7, 11) is -3.93. The summed E-state index contributed by atoms with van der Waals surface area (Å²) in [5.41, 5.74) is 2.21. The van der Waals surface area contributed by atoms with Crippen molar-refractivity contribution in [3.63, 3.8) is 0 Å². The van der Waals surface area contributed by atoms with E-state index in [0.717, 1.165) is 18.1 Å². The highest BCUT2D eigenvalue weighted by molar-refractivity contribution is 7.89. The highest BCUT2D eigenvalue weighted by Crippen LogP contribution is 2.23. The SMILES string of the molecule is CC(C)Cc1ccc(-c2cnc(CCC(=O)N3CCN(S(=O)(=O)c4ccccc4F)CC3)o2)cc1. The molecule has 0 atom stereocenters. The van der Waals surface area contributed by atoms with Gasteiger partial charge < -0.3 is 9.32 Å². The van der Waals surface area contributed by atoms with Crippen LogP contribution in [0.3, 0.4) is 0 Å². The molecule has 4 rings (SSSR count). The van der Waals surface area contributed by atoms with Crippen molar-refractivity contribution < 1.29 is 22.0 Å². The van der Waals surface area contributed by atoms with E-state index in [1.807, 2.05) is 12.1 Å². The first-order valence-electron chi connectivity index (χ1n) is 11.8. The molecule has 35 heavy (non-hydrogen) atoms. The van der Waals surface area contributed by atoms with Gasteiger partial charge in [-0.1, -0.05) is 50.2 Å². The fourth-order valence-corrected chi connectivity index (χ4v) is 5.67. The molecule has 7 nitrogen and oxygen atoms in total. The van der Waals surface area contributed by atoms with Gasteiger partial charge in [0.25, 0.3) is 0 Å². The Hall–Kier alpha value is -3.04. The van der Waals surface area contributed by atoms with Gasteiger partial charge in [-0.25, -0.2) is 17.8 Å². The number of halogens is 1. The highest BCUT2D eigenvalue weighted by atomic mass is 32.2. The molecule has 1 saturated heterocycles. The largest absolute Gasteiger partial charge is 0.441 e. The van der Waals surface area contributed by atoms with Crippen molar-refractivity contribution in [1.82, 2.24) is 14.2 Å². The fraction of sp³-hybridized carbons (Fsp3) is 0.385. The van der Waals surface area contributed by atoms with Crippen molar-refractivity contribution >= 4 is 15.9 Å². The summed E-state index contributed by atoms with van der Waals surface area (Å²) in [4.78, 5) is 18.3. The Balaban J connectivity index is 1.29.